The van der Waals surface area contributed by atoms with Crippen LogP contribution in [-0.4, -0.2) is 17.0 Å². The van der Waals surface area contributed by atoms with Gasteiger partial charge in [-0.05, 0) is 64.0 Å². The van der Waals surface area contributed by atoms with Gasteiger partial charge in [-0.25, -0.2) is 5.43 Å². The highest BCUT2D eigenvalue weighted by atomic mass is 79.9. The minimum Gasteiger partial charge on any atom is -0.456 e. The quantitative estimate of drug-likeness (QED) is 0.319. The number of hydrogen-bond acceptors (Lipinski definition) is 6. The molecule has 0 bridgehead atoms. The van der Waals surface area contributed by atoms with Gasteiger partial charge in [0.05, 0.1) is 16.7 Å². The Balaban J connectivity index is 1.65. The Morgan fingerprint density at radius 1 is 1.17 bits per heavy atom. The number of nitrogens with zero attached hydrogens (tertiary/aromatic N) is 3. The van der Waals surface area contributed by atoms with Crippen LogP contribution in [-0.2, 0) is 0 Å². The van der Waals surface area contributed by atoms with Crippen molar-refractivity contribution in [2.24, 2.45) is 5.10 Å². The lowest BCUT2D eigenvalue weighted by Crippen LogP contribution is -2.18. The number of amides is 1. The van der Waals surface area contributed by atoms with Crippen LogP contribution >= 0.6 is 15.9 Å². The van der Waals surface area contributed by atoms with Gasteiger partial charge in [-0.1, -0.05) is 12.1 Å². The Morgan fingerprint density at radius 2 is 1.90 bits per heavy atom. The van der Waals surface area contributed by atoms with Gasteiger partial charge in [-0.3, -0.25) is 14.9 Å². The van der Waals surface area contributed by atoms with Crippen LogP contribution in [0, 0.1) is 21.4 Å². The van der Waals surface area contributed by atoms with Crippen LogP contribution in [0.15, 0.2) is 76.3 Å². The van der Waals surface area contributed by atoms with Gasteiger partial charge >= 0.3 is 0 Å². The van der Waals surface area contributed by atoms with Crippen LogP contribution in [0.25, 0.3) is 0 Å². The number of nitro groups is 1. The van der Waals surface area contributed by atoms with E-state index in [0.717, 1.165) is 6.07 Å². The van der Waals surface area contributed by atoms with E-state index in [1.165, 1.54) is 18.3 Å². The molecule has 148 valence electrons. The monoisotopic (exact) mass is 464 g/mol. The number of hydrogen-bond donors (Lipinski definition) is 1. The molecule has 1 N–H and O–H groups in total. The molecule has 8 nitrogen and oxygen atoms in total. The molecule has 0 unspecified atom stereocenters. The van der Waals surface area contributed by atoms with Crippen molar-refractivity contribution >= 4 is 33.7 Å². The van der Waals surface area contributed by atoms with Crippen molar-refractivity contribution in [3.63, 3.8) is 0 Å². The molecule has 0 saturated heterocycles. The van der Waals surface area contributed by atoms with Gasteiger partial charge < -0.3 is 4.74 Å². The predicted octanol–water partition coefficient (Wildman–Crippen LogP) is 4.79. The summed E-state index contributed by atoms with van der Waals surface area (Å²) < 4.78 is 6.31. The summed E-state index contributed by atoms with van der Waals surface area (Å²) in [5.74, 6) is 0.306. The van der Waals surface area contributed by atoms with Gasteiger partial charge in [0, 0.05) is 16.6 Å². The maximum atomic E-state index is 12.1. The second-order valence-corrected chi connectivity index (χ2v) is 6.75. The predicted molar refractivity (Wildman–Crippen MR) is 114 cm³/mol. The number of carbonyl (C=O) groups excluding carboxylic acids is 1. The van der Waals surface area contributed by atoms with Crippen LogP contribution in [0.2, 0.25) is 0 Å². The molecule has 0 aliphatic carbocycles. The summed E-state index contributed by atoms with van der Waals surface area (Å²) in [7, 11) is 0. The van der Waals surface area contributed by atoms with Crippen molar-refractivity contribution in [1.82, 2.24) is 5.43 Å². The van der Waals surface area contributed by atoms with E-state index in [9.17, 15) is 20.2 Å². The number of carbonyl (C=O) groups is 1. The third-order valence-corrected chi connectivity index (χ3v) is 4.59. The van der Waals surface area contributed by atoms with Gasteiger partial charge in [-0.15, -0.1) is 0 Å². The molecule has 0 spiro atoms. The summed E-state index contributed by atoms with van der Waals surface area (Å²) in [6, 6.07) is 19.4. The SMILES string of the molecule is N#Cc1cc([N+](=O)[O-])ccc1Oc1ccc(/C=N/NC(=O)c2ccccc2Br)cc1. The number of halogens is 1. The third-order valence-electron chi connectivity index (χ3n) is 3.90. The fourth-order valence-corrected chi connectivity index (χ4v) is 2.89. The van der Waals surface area contributed by atoms with Gasteiger partial charge in [0.2, 0.25) is 0 Å². The Labute approximate surface area is 179 Å². The summed E-state index contributed by atoms with van der Waals surface area (Å²) in [6.07, 6.45) is 1.48. The molecule has 0 aromatic heterocycles. The van der Waals surface area contributed by atoms with Gasteiger partial charge in [0.15, 0.2) is 0 Å². The molecule has 0 aliphatic heterocycles. The number of hydrazone groups is 1. The molecule has 30 heavy (non-hydrogen) atoms. The Kier molecular flexibility index (Phi) is 6.52. The summed E-state index contributed by atoms with van der Waals surface area (Å²) in [5.41, 5.74) is 3.50. The minimum atomic E-state index is -0.575. The van der Waals surface area contributed by atoms with Crippen molar-refractivity contribution in [3.8, 4) is 17.6 Å². The van der Waals surface area contributed by atoms with Crippen molar-refractivity contribution in [2.75, 3.05) is 0 Å². The Bertz CT molecular complexity index is 1170. The first-order valence-electron chi connectivity index (χ1n) is 8.52. The zero-order valence-corrected chi connectivity index (χ0v) is 16.9. The first kappa shape index (κ1) is 20.7. The molecule has 0 heterocycles. The second-order valence-electron chi connectivity index (χ2n) is 5.90. The minimum absolute atomic E-state index is 0.0598. The molecule has 9 heteroatoms. The number of rotatable bonds is 6. The van der Waals surface area contributed by atoms with Crippen LogP contribution in [0.5, 0.6) is 11.5 Å². The lowest BCUT2D eigenvalue weighted by atomic mass is 10.2. The maximum Gasteiger partial charge on any atom is 0.272 e. The molecule has 0 saturated carbocycles. The number of nitrogens with one attached hydrogen (secondary N) is 1. The topological polar surface area (TPSA) is 118 Å². The summed E-state index contributed by atoms with van der Waals surface area (Å²) in [6.45, 7) is 0. The van der Waals surface area contributed by atoms with Gasteiger partial charge in [0.1, 0.15) is 23.1 Å². The molecular formula is C21H13BrN4O4. The average Bonchev–Trinajstić information content (AvgIpc) is 2.75. The zero-order chi connectivity index (χ0) is 21.5. The molecule has 0 fully saturated rings. The van der Waals surface area contributed by atoms with Crippen molar-refractivity contribution in [1.29, 1.82) is 5.26 Å². The van der Waals surface area contributed by atoms with E-state index >= 15 is 0 Å². The number of nitriles is 1. The first-order chi connectivity index (χ1) is 14.5. The Hall–Kier alpha value is -4.03. The zero-order valence-electron chi connectivity index (χ0n) is 15.3. The normalized spacial score (nSPS) is 10.4. The van der Waals surface area contributed by atoms with E-state index in [-0.39, 0.29) is 22.9 Å². The molecule has 0 radical (unpaired) electrons. The number of ether oxygens (including phenoxy) is 1. The molecule has 3 rings (SSSR count). The molecule has 3 aromatic carbocycles. The number of nitro benzene ring substituents is 1. The number of non-ortho nitro benzene ring substituents is 1. The van der Waals surface area contributed by atoms with Crippen molar-refractivity contribution in [3.05, 3.63) is 98.0 Å². The lowest BCUT2D eigenvalue weighted by molar-refractivity contribution is -0.384. The lowest BCUT2D eigenvalue weighted by Gasteiger charge is -2.07. The van der Waals surface area contributed by atoms with E-state index < -0.39 is 4.92 Å². The van der Waals surface area contributed by atoms with Crippen LogP contribution < -0.4 is 10.2 Å². The molecule has 0 atom stereocenters. The highest BCUT2D eigenvalue weighted by molar-refractivity contribution is 9.10. The highest BCUT2D eigenvalue weighted by Crippen LogP contribution is 2.28. The van der Waals surface area contributed by atoms with Crippen LogP contribution in [0.4, 0.5) is 5.69 Å². The fraction of sp³-hybridized carbons (Fsp3) is 0. The van der Waals surface area contributed by atoms with E-state index in [1.54, 1.807) is 42.5 Å². The highest BCUT2D eigenvalue weighted by Gasteiger charge is 2.12. The van der Waals surface area contributed by atoms with Crippen LogP contribution in [0.1, 0.15) is 21.5 Å². The van der Waals surface area contributed by atoms with Crippen LogP contribution in [0.3, 0.4) is 0 Å². The molecular weight excluding hydrogens is 452 g/mol. The first-order valence-corrected chi connectivity index (χ1v) is 9.31. The number of benzene rings is 3. The van der Waals surface area contributed by atoms with E-state index in [0.29, 0.717) is 21.3 Å². The molecule has 3 aromatic rings. The van der Waals surface area contributed by atoms with Gasteiger partial charge in [-0.2, -0.15) is 10.4 Å². The molecule has 0 aliphatic rings. The standard InChI is InChI=1S/C21H13BrN4O4/c22-19-4-2-1-3-18(19)21(27)25-24-13-14-5-8-17(9-6-14)30-20-10-7-16(26(28)29)11-15(20)12-23/h1-11,13H,(H,25,27)/b24-13+. The van der Waals surface area contributed by atoms with Crippen molar-refractivity contribution < 1.29 is 14.5 Å². The largest absolute Gasteiger partial charge is 0.456 e. The maximum absolute atomic E-state index is 12.1. The average molecular weight is 465 g/mol. The van der Waals surface area contributed by atoms with E-state index in [4.69, 9.17) is 4.74 Å². The smallest absolute Gasteiger partial charge is 0.272 e. The third kappa shape index (κ3) is 5.06. The van der Waals surface area contributed by atoms with Gasteiger partial charge in [0.25, 0.3) is 11.6 Å². The summed E-state index contributed by atoms with van der Waals surface area (Å²) in [4.78, 5) is 22.3. The summed E-state index contributed by atoms with van der Waals surface area (Å²) in [5, 5.41) is 23.9. The second kappa shape index (κ2) is 9.45. The molecule has 1 amide bonds. The van der Waals surface area contributed by atoms with Crippen molar-refractivity contribution in [2.45, 2.75) is 0 Å². The van der Waals surface area contributed by atoms with E-state index in [1.807, 2.05) is 12.1 Å². The fourth-order valence-electron chi connectivity index (χ4n) is 2.43. The summed E-state index contributed by atoms with van der Waals surface area (Å²) >= 11 is 3.31. The van der Waals surface area contributed by atoms with E-state index in [2.05, 4.69) is 26.5 Å². The Morgan fingerprint density at radius 3 is 2.57 bits per heavy atom.